The highest BCUT2D eigenvalue weighted by atomic mass is 35.5. The van der Waals surface area contributed by atoms with Gasteiger partial charge in [0.2, 0.25) is 0 Å². The molecule has 1 saturated heterocycles. The van der Waals surface area contributed by atoms with Crippen molar-refractivity contribution >= 4 is 28.9 Å². The lowest BCUT2D eigenvalue weighted by molar-refractivity contribution is 0.0747. The Labute approximate surface area is 161 Å². The van der Waals surface area contributed by atoms with Crippen LogP contribution in [-0.2, 0) is 0 Å². The van der Waals surface area contributed by atoms with Crippen LogP contribution in [0.15, 0.2) is 48.5 Å². The van der Waals surface area contributed by atoms with Gasteiger partial charge in [-0.3, -0.25) is 4.79 Å². The van der Waals surface area contributed by atoms with E-state index in [2.05, 4.69) is 29.7 Å². The molecule has 0 atom stereocenters. The predicted molar refractivity (Wildman–Crippen MR) is 110 cm³/mol. The van der Waals surface area contributed by atoms with Crippen molar-refractivity contribution in [3.63, 3.8) is 0 Å². The number of hydrogen-bond acceptors (Lipinski definition) is 3. The fourth-order valence-electron chi connectivity index (χ4n) is 3.43. The summed E-state index contributed by atoms with van der Waals surface area (Å²) in [4.78, 5) is 19.3. The number of rotatable bonds is 5. The average molecular weight is 372 g/mol. The minimum atomic E-state index is 0.113. The van der Waals surface area contributed by atoms with Crippen LogP contribution in [0.3, 0.4) is 0 Å². The molecule has 1 aliphatic rings. The van der Waals surface area contributed by atoms with Gasteiger partial charge in [0.05, 0.1) is 0 Å². The Balaban J connectivity index is 1.61. The SMILES string of the molecule is CCN(CC)c1ccc(C(=O)N2CCN(c3cccc(Cl)c3)CC2)cc1. The normalized spacial score (nSPS) is 14.4. The number of benzene rings is 2. The van der Waals surface area contributed by atoms with Crippen molar-refractivity contribution in [1.29, 1.82) is 0 Å². The molecule has 0 spiro atoms. The number of nitrogens with zero attached hydrogens (tertiary/aromatic N) is 3. The molecule has 0 unspecified atom stereocenters. The van der Waals surface area contributed by atoms with Gasteiger partial charge in [-0.25, -0.2) is 0 Å². The van der Waals surface area contributed by atoms with Gasteiger partial charge in [-0.05, 0) is 56.3 Å². The van der Waals surface area contributed by atoms with Crippen molar-refractivity contribution < 1.29 is 4.79 Å². The third-order valence-corrected chi connectivity index (χ3v) is 5.22. The second kappa shape index (κ2) is 8.45. The first kappa shape index (κ1) is 18.6. The molecular formula is C21H26ClN3O. The highest BCUT2D eigenvalue weighted by molar-refractivity contribution is 6.30. The first-order valence-corrected chi connectivity index (χ1v) is 9.65. The molecule has 2 aromatic rings. The van der Waals surface area contributed by atoms with E-state index in [4.69, 9.17) is 11.6 Å². The van der Waals surface area contributed by atoms with E-state index < -0.39 is 0 Å². The number of hydrogen-bond donors (Lipinski definition) is 0. The average Bonchev–Trinajstić information content (AvgIpc) is 2.69. The van der Waals surface area contributed by atoms with E-state index in [1.54, 1.807) is 0 Å². The number of carbonyl (C=O) groups excluding carboxylic acids is 1. The zero-order valence-electron chi connectivity index (χ0n) is 15.5. The third-order valence-electron chi connectivity index (χ3n) is 4.98. The molecule has 4 nitrogen and oxygen atoms in total. The summed E-state index contributed by atoms with van der Waals surface area (Å²) in [5.41, 5.74) is 3.04. The maximum Gasteiger partial charge on any atom is 0.253 e. The van der Waals surface area contributed by atoms with Gasteiger partial charge in [0.1, 0.15) is 0 Å². The lowest BCUT2D eigenvalue weighted by Crippen LogP contribution is -2.48. The molecule has 0 aromatic heterocycles. The molecule has 0 radical (unpaired) electrons. The number of amides is 1. The molecule has 1 fully saturated rings. The zero-order chi connectivity index (χ0) is 18.5. The number of halogens is 1. The molecule has 138 valence electrons. The van der Waals surface area contributed by atoms with Crippen LogP contribution in [0.25, 0.3) is 0 Å². The summed E-state index contributed by atoms with van der Waals surface area (Å²) in [5.74, 6) is 0.113. The molecular weight excluding hydrogens is 346 g/mol. The molecule has 0 bridgehead atoms. The van der Waals surface area contributed by atoms with Gasteiger partial charge < -0.3 is 14.7 Å². The standard InChI is InChI=1S/C21H26ClN3O/c1-3-23(4-2)19-10-8-17(9-11-19)21(26)25-14-12-24(13-15-25)20-7-5-6-18(22)16-20/h5-11,16H,3-4,12-15H2,1-2H3. The molecule has 1 aliphatic heterocycles. The first-order valence-electron chi connectivity index (χ1n) is 9.27. The minimum absolute atomic E-state index is 0.113. The molecule has 1 amide bonds. The second-order valence-corrected chi connectivity index (χ2v) is 6.91. The van der Waals surface area contributed by atoms with Crippen molar-refractivity contribution in [1.82, 2.24) is 4.90 Å². The van der Waals surface area contributed by atoms with Gasteiger partial charge in [0, 0.05) is 61.2 Å². The van der Waals surface area contributed by atoms with Gasteiger partial charge in [0.15, 0.2) is 0 Å². The first-order chi connectivity index (χ1) is 12.6. The van der Waals surface area contributed by atoms with E-state index in [1.807, 2.05) is 47.4 Å². The van der Waals surface area contributed by atoms with Crippen LogP contribution < -0.4 is 9.80 Å². The Morgan fingerprint density at radius 2 is 1.65 bits per heavy atom. The van der Waals surface area contributed by atoms with Crippen LogP contribution in [0.5, 0.6) is 0 Å². The third kappa shape index (κ3) is 4.13. The lowest BCUT2D eigenvalue weighted by atomic mass is 10.1. The number of carbonyl (C=O) groups is 1. The van der Waals surface area contributed by atoms with E-state index in [1.165, 1.54) is 0 Å². The molecule has 3 rings (SSSR count). The summed E-state index contributed by atoms with van der Waals surface area (Å²) < 4.78 is 0. The Morgan fingerprint density at radius 3 is 2.23 bits per heavy atom. The summed E-state index contributed by atoms with van der Waals surface area (Å²) in [7, 11) is 0. The van der Waals surface area contributed by atoms with Crippen LogP contribution in [0.2, 0.25) is 5.02 Å². The largest absolute Gasteiger partial charge is 0.372 e. The van der Waals surface area contributed by atoms with Crippen molar-refractivity contribution in [3.05, 3.63) is 59.1 Å². The van der Waals surface area contributed by atoms with E-state index in [0.717, 1.165) is 61.2 Å². The molecule has 0 saturated carbocycles. The molecule has 0 aliphatic carbocycles. The lowest BCUT2D eigenvalue weighted by Gasteiger charge is -2.36. The molecule has 26 heavy (non-hydrogen) atoms. The van der Waals surface area contributed by atoms with E-state index in [9.17, 15) is 4.79 Å². The summed E-state index contributed by atoms with van der Waals surface area (Å²) in [6.07, 6.45) is 0. The van der Waals surface area contributed by atoms with Gasteiger partial charge in [-0.2, -0.15) is 0 Å². The van der Waals surface area contributed by atoms with Crippen LogP contribution in [0, 0.1) is 0 Å². The summed E-state index contributed by atoms with van der Waals surface area (Å²) in [6.45, 7) is 9.31. The smallest absolute Gasteiger partial charge is 0.253 e. The van der Waals surface area contributed by atoms with Crippen molar-refractivity contribution in [2.75, 3.05) is 49.1 Å². The maximum atomic E-state index is 12.8. The van der Waals surface area contributed by atoms with E-state index >= 15 is 0 Å². The van der Waals surface area contributed by atoms with E-state index in [0.29, 0.717) is 0 Å². The van der Waals surface area contributed by atoms with Crippen molar-refractivity contribution in [2.45, 2.75) is 13.8 Å². The Hall–Kier alpha value is -2.20. The predicted octanol–water partition coefficient (Wildman–Crippen LogP) is 4.15. The second-order valence-electron chi connectivity index (χ2n) is 6.48. The van der Waals surface area contributed by atoms with Crippen LogP contribution in [0.1, 0.15) is 24.2 Å². The van der Waals surface area contributed by atoms with Gasteiger partial charge in [0.25, 0.3) is 5.91 Å². The van der Waals surface area contributed by atoms with Crippen LogP contribution in [0.4, 0.5) is 11.4 Å². The minimum Gasteiger partial charge on any atom is -0.372 e. The molecule has 1 heterocycles. The highest BCUT2D eigenvalue weighted by Gasteiger charge is 2.22. The zero-order valence-corrected chi connectivity index (χ0v) is 16.2. The Morgan fingerprint density at radius 1 is 1.00 bits per heavy atom. The summed E-state index contributed by atoms with van der Waals surface area (Å²) >= 11 is 6.08. The monoisotopic (exact) mass is 371 g/mol. The summed E-state index contributed by atoms with van der Waals surface area (Å²) in [5, 5.41) is 0.745. The molecule has 2 aromatic carbocycles. The fourth-order valence-corrected chi connectivity index (χ4v) is 3.61. The van der Waals surface area contributed by atoms with E-state index in [-0.39, 0.29) is 5.91 Å². The summed E-state index contributed by atoms with van der Waals surface area (Å²) in [6, 6.07) is 15.9. The fraction of sp³-hybridized carbons (Fsp3) is 0.381. The van der Waals surface area contributed by atoms with Crippen LogP contribution in [-0.4, -0.2) is 50.1 Å². The van der Waals surface area contributed by atoms with Crippen LogP contribution >= 0.6 is 11.6 Å². The van der Waals surface area contributed by atoms with Crippen molar-refractivity contribution in [3.8, 4) is 0 Å². The highest BCUT2D eigenvalue weighted by Crippen LogP contribution is 2.22. The Bertz CT molecular complexity index is 735. The topological polar surface area (TPSA) is 26.8 Å². The molecule has 5 heteroatoms. The quantitative estimate of drug-likeness (QED) is 0.790. The molecule has 0 N–H and O–H groups in total. The van der Waals surface area contributed by atoms with Crippen molar-refractivity contribution in [2.24, 2.45) is 0 Å². The van der Waals surface area contributed by atoms with Gasteiger partial charge >= 0.3 is 0 Å². The number of piperazine rings is 1. The van der Waals surface area contributed by atoms with Gasteiger partial charge in [-0.1, -0.05) is 17.7 Å². The van der Waals surface area contributed by atoms with Gasteiger partial charge in [-0.15, -0.1) is 0 Å². The Kier molecular flexibility index (Phi) is 6.04. The maximum absolute atomic E-state index is 12.8. The number of anilines is 2.